The highest BCUT2D eigenvalue weighted by Crippen LogP contribution is 2.27. The molecule has 1 fully saturated rings. The van der Waals surface area contributed by atoms with Crippen LogP contribution in [-0.2, 0) is 6.54 Å². The number of anilines is 1. The summed E-state index contributed by atoms with van der Waals surface area (Å²) in [5, 5.41) is 4.19. The Bertz CT molecular complexity index is 392. The molecule has 0 spiro atoms. The molecule has 1 atom stereocenters. The average Bonchev–Trinajstić information content (AvgIpc) is 2.37. The first-order valence-electron chi connectivity index (χ1n) is 6.94. The van der Waals surface area contributed by atoms with Crippen LogP contribution in [0.3, 0.4) is 0 Å². The van der Waals surface area contributed by atoms with Gasteiger partial charge in [0, 0.05) is 30.3 Å². The molecule has 0 aromatic heterocycles. The maximum absolute atomic E-state index is 6.35. The molecular formula is C15H23ClN2. The van der Waals surface area contributed by atoms with Crippen molar-refractivity contribution in [1.82, 2.24) is 5.32 Å². The fourth-order valence-corrected chi connectivity index (χ4v) is 2.80. The van der Waals surface area contributed by atoms with E-state index in [1.165, 1.54) is 24.1 Å². The molecule has 1 heterocycles. The lowest BCUT2D eigenvalue weighted by Gasteiger charge is -2.33. The molecule has 1 aliphatic heterocycles. The van der Waals surface area contributed by atoms with Crippen molar-refractivity contribution in [1.29, 1.82) is 0 Å². The van der Waals surface area contributed by atoms with Gasteiger partial charge in [-0.1, -0.05) is 31.5 Å². The zero-order chi connectivity index (χ0) is 13.0. The minimum Gasteiger partial charge on any atom is -0.371 e. The Labute approximate surface area is 115 Å². The van der Waals surface area contributed by atoms with Gasteiger partial charge in [0.05, 0.1) is 0 Å². The summed E-state index contributed by atoms with van der Waals surface area (Å²) in [5.41, 5.74) is 2.46. The summed E-state index contributed by atoms with van der Waals surface area (Å²) in [6, 6.07) is 6.47. The summed E-state index contributed by atoms with van der Waals surface area (Å²) in [4.78, 5) is 2.46. The standard InChI is InChI=1S/C15H23ClN2/c1-3-17-10-13-6-7-14(9-15(13)16)18-8-4-5-12(2)11-18/h6-7,9,12,17H,3-5,8,10-11H2,1-2H3. The molecular weight excluding hydrogens is 244 g/mol. The van der Waals surface area contributed by atoms with Crippen LogP contribution in [0.15, 0.2) is 18.2 Å². The molecule has 0 radical (unpaired) electrons. The first-order valence-corrected chi connectivity index (χ1v) is 7.32. The maximum Gasteiger partial charge on any atom is 0.0471 e. The molecule has 3 heteroatoms. The Morgan fingerprint density at radius 3 is 2.94 bits per heavy atom. The Kier molecular flexibility index (Phi) is 4.90. The van der Waals surface area contributed by atoms with Crippen molar-refractivity contribution in [3.63, 3.8) is 0 Å². The lowest BCUT2D eigenvalue weighted by molar-refractivity contribution is 0.447. The van der Waals surface area contributed by atoms with Gasteiger partial charge in [0.15, 0.2) is 0 Å². The summed E-state index contributed by atoms with van der Waals surface area (Å²) >= 11 is 6.35. The molecule has 1 N–H and O–H groups in total. The molecule has 2 rings (SSSR count). The van der Waals surface area contributed by atoms with Crippen LogP contribution >= 0.6 is 11.6 Å². The van der Waals surface area contributed by atoms with Crippen LogP contribution in [0.5, 0.6) is 0 Å². The molecule has 1 aliphatic rings. The molecule has 0 saturated carbocycles. The van der Waals surface area contributed by atoms with Crippen molar-refractivity contribution in [3.8, 4) is 0 Å². The zero-order valence-electron chi connectivity index (χ0n) is 11.4. The SMILES string of the molecule is CCNCc1ccc(N2CCCC(C)C2)cc1Cl. The van der Waals surface area contributed by atoms with Crippen LogP contribution in [0.2, 0.25) is 5.02 Å². The first kappa shape index (κ1) is 13.7. The monoisotopic (exact) mass is 266 g/mol. The van der Waals surface area contributed by atoms with Gasteiger partial charge in [0.25, 0.3) is 0 Å². The minimum absolute atomic E-state index is 0.791. The number of piperidine rings is 1. The lowest BCUT2D eigenvalue weighted by Crippen LogP contribution is -2.34. The molecule has 0 amide bonds. The van der Waals surface area contributed by atoms with Crippen molar-refractivity contribution in [3.05, 3.63) is 28.8 Å². The molecule has 0 aliphatic carbocycles. The van der Waals surface area contributed by atoms with Gasteiger partial charge in [0.1, 0.15) is 0 Å². The van der Waals surface area contributed by atoms with E-state index in [2.05, 4.69) is 42.3 Å². The van der Waals surface area contributed by atoms with Gasteiger partial charge in [-0.15, -0.1) is 0 Å². The van der Waals surface area contributed by atoms with Gasteiger partial charge in [-0.25, -0.2) is 0 Å². The van der Waals surface area contributed by atoms with Gasteiger partial charge in [-0.2, -0.15) is 0 Å². The second kappa shape index (κ2) is 6.44. The molecule has 1 aromatic carbocycles. The summed E-state index contributed by atoms with van der Waals surface area (Å²) < 4.78 is 0. The highest BCUT2D eigenvalue weighted by molar-refractivity contribution is 6.31. The Balaban J connectivity index is 2.07. The summed E-state index contributed by atoms with van der Waals surface area (Å²) in [5.74, 6) is 0.791. The van der Waals surface area contributed by atoms with Gasteiger partial charge in [-0.05, 0) is 43.0 Å². The van der Waals surface area contributed by atoms with Crippen LogP contribution in [0, 0.1) is 5.92 Å². The van der Waals surface area contributed by atoms with Crippen molar-refractivity contribution in [2.24, 2.45) is 5.92 Å². The van der Waals surface area contributed by atoms with Crippen molar-refractivity contribution >= 4 is 17.3 Å². The predicted molar refractivity (Wildman–Crippen MR) is 79.4 cm³/mol. The van der Waals surface area contributed by atoms with Crippen LogP contribution in [0.4, 0.5) is 5.69 Å². The Morgan fingerprint density at radius 2 is 2.28 bits per heavy atom. The smallest absolute Gasteiger partial charge is 0.0471 e. The van der Waals surface area contributed by atoms with Gasteiger partial charge < -0.3 is 10.2 Å². The predicted octanol–water partition coefficient (Wildman–Crippen LogP) is 3.69. The number of nitrogens with zero attached hydrogens (tertiary/aromatic N) is 1. The third-order valence-electron chi connectivity index (χ3n) is 3.62. The quantitative estimate of drug-likeness (QED) is 0.894. The number of hydrogen-bond donors (Lipinski definition) is 1. The van der Waals surface area contributed by atoms with E-state index in [1.807, 2.05) is 0 Å². The van der Waals surface area contributed by atoms with Crippen molar-refractivity contribution in [2.45, 2.75) is 33.2 Å². The van der Waals surface area contributed by atoms with Crippen molar-refractivity contribution < 1.29 is 0 Å². The largest absolute Gasteiger partial charge is 0.371 e. The van der Waals surface area contributed by atoms with E-state index < -0.39 is 0 Å². The molecule has 100 valence electrons. The molecule has 18 heavy (non-hydrogen) atoms. The van der Waals surface area contributed by atoms with Crippen LogP contribution in [0.25, 0.3) is 0 Å². The molecule has 1 unspecified atom stereocenters. The summed E-state index contributed by atoms with van der Waals surface area (Å²) in [6.07, 6.45) is 2.64. The highest BCUT2D eigenvalue weighted by atomic mass is 35.5. The van der Waals surface area contributed by atoms with E-state index >= 15 is 0 Å². The molecule has 1 aromatic rings. The number of rotatable bonds is 4. The van der Waals surface area contributed by atoms with Crippen molar-refractivity contribution in [2.75, 3.05) is 24.5 Å². The highest BCUT2D eigenvalue weighted by Gasteiger charge is 2.17. The van der Waals surface area contributed by atoms with Crippen LogP contribution in [0.1, 0.15) is 32.3 Å². The van der Waals surface area contributed by atoms with Gasteiger partial charge >= 0.3 is 0 Å². The molecule has 2 nitrogen and oxygen atoms in total. The van der Waals surface area contributed by atoms with E-state index in [0.717, 1.165) is 37.1 Å². The van der Waals surface area contributed by atoms with E-state index in [0.29, 0.717) is 0 Å². The second-order valence-electron chi connectivity index (χ2n) is 5.25. The Morgan fingerprint density at radius 1 is 1.44 bits per heavy atom. The van der Waals surface area contributed by atoms with Crippen LogP contribution < -0.4 is 10.2 Å². The fourth-order valence-electron chi connectivity index (χ4n) is 2.56. The minimum atomic E-state index is 0.791. The molecule has 1 saturated heterocycles. The topological polar surface area (TPSA) is 15.3 Å². The molecule has 0 bridgehead atoms. The number of hydrogen-bond acceptors (Lipinski definition) is 2. The fraction of sp³-hybridized carbons (Fsp3) is 0.600. The van der Waals surface area contributed by atoms with E-state index in [9.17, 15) is 0 Å². The first-order chi connectivity index (χ1) is 8.70. The zero-order valence-corrected chi connectivity index (χ0v) is 12.1. The number of benzene rings is 1. The van der Waals surface area contributed by atoms with Crippen LogP contribution in [-0.4, -0.2) is 19.6 Å². The number of halogens is 1. The second-order valence-corrected chi connectivity index (χ2v) is 5.66. The lowest BCUT2D eigenvalue weighted by atomic mass is 9.99. The van der Waals surface area contributed by atoms with Gasteiger partial charge in [0.2, 0.25) is 0 Å². The van der Waals surface area contributed by atoms with Gasteiger partial charge in [-0.3, -0.25) is 0 Å². The average molecular weight is 267 g/mol. The normalized spacial score (nSPS) is 20.2. The third-order valence-corrected chi connectivity index (χ3v) is 3.98. The van der Waals surface area contributed by atoms with E-state index in [4.69, 9.17) is 11.6 Å². The summed E-state index contributed by atoms with van der Waals surface area (Å²) in [7, 11) is 0. The summed E-state index contributed by atoms with van der Waals surface area (Å²) in [6.45, 7) is 8.58. The van der Waals surface area contributed by atoms with E-state index in [1.54, 1.807) is 0 Å². The maximum atomic E-state index is 6.35. The number of nitrogens with one attached hydrogen (secondary N) is 1. The third kappa shape index (κ3) is 3.39. The Hall–Kier alpha value is -0.730. The van der Waals surface area contributed by atoms with E-state index in [-0.39, 0.29) is 0 Å².